The van der Waals surface area contributed by atoms with Crippen molar-refractivity contribution in [2.24, 2.45) is 5.41 Å². The van der Waals surface area contributed by atoms with Crippen LogP contribution in [0.3, 0.4) is 0 Å². The Morgan fingerprint density at radius 3 is 2.33 bits per heavy atom. The molecule has 15 heteroatoms. The van der Waals surface area contributed by atoms with E-state index in [4.69, 9.17) is 33.6 Å². The minimum Gasteiger partial charge on any atom is -0.499 e. The minimum absolute atomic E-state index is 0.0204. The molecule has 2 bridgehead atoms. The highest BCUT2D eigenvalue weighted by Gasteiger charge is 2.76. The highest BCUT2D eigenvalue weighted by atomic mass is 16.8. The minimum atomic E-state index is -1.41. The first-order valence-electron chi connectivity index (χ1n) is 21.2. The summed E-state index contributed by atoms with van der Waals surface area (Å²) in [5.41, 5.74) is -0.356. The Morgan fingerprint density at radius 1 is 1.00 bits per heavy atom. The third-order valence-corrected chi connectivity index (χ3v) is 11.2. The predicted octanol–water partition coefficient (Wildman–Crippen LogP) is 4.21. The molecule has 4 fully saturated rings. The Labute approximate surface area is 342 Å². The number of hydrogen-bond acceptors (Lipinski definition) is 13. The van der Waals surface area contributed by atoms with Gasteiger partial charge in [-0.3, -0.25) is 24.0 Å². The quantitative estimate of drug-likeness (QED) is 0.0699. The maximum Gasteiger partial charge on any atom is 0.327 e. The van der Waals surface area contributed by atoms with Gasteiger partial charge in [0.05, 0.1) is 32.1 Å². The zero-order valence-electron chi connectivity index (χ0n) is 34.9. The fourth-order valence-corrected chi connectivity index (χ4v) is 8.51. The number of fused-ring (bicyclic) bond motifs is 4. The van der Waals surface area contributed by atoms with E-state index in [9.17, 15) is 24.3 Å². The van der Waals surface area contributed by atoms with Crippen molar-refractivity contribution in [3.05, 3.63) is 41.7 Å². The van der Waals surface area contributed by atoms with Gasteiger partial charge in [-0.2, -0.15) is 5.06 Å². The first kappa shape index (κ1) is 45.5. The lowest BCUT2D eigenvalue weighted by Gasteiger charge is -2.48. The van der Waals surface area contributed by atoms with Crippen molar-refractivity contribution in [3.8, 4) is 0 Å². The maximum absolute atomic E-state index is 14.7. The molecule has 58 heavy (non-hydrogen) atoms. The summed E-state index contributed by atoms with van der Waals surface area (Å²) in [7, 11) is 0. The van der Waals surface area contributed by atoms with Crippen molar-refractivity contribution in [2.75, 3.05) is 26.4 Å². The maximum atomic E-state index is 14.7. The summed E-state index contributed by atoms with van der Waals surface area (Å²) in [6.45, 7) is 9.46. The standard InChI is InChI=1S/C43H65N3O12/c1-6-8-10-20-42(21-11-9-7-2)56-35-32-26-43(40(52)44-22-18-33(49)45-31(28-48)16-17-34(50)55-41(3,4)5)37(39(51)54-32)46(58-38(43)36(35)57-42)27-30-14-12-29(13-15-30)19-24-53-25-23-47/h12-15,19,24,31-32,35-38,47-48H,6-11,16-18,20-23,25-28H2,1-5H3,(H,44,52)(H,45,49)/t31-,32+,35-,36-,37+,38+,43+/m0/s1. The van der Waals surface area contributed by atoms with Crippen molar-refractivity contribution >= 4 is 29.8 Å². The Balaban J connectivity index is 1.34. The molecule has 7 atom stereocenters. The van der Waals surface area contributed by atoms with Gasteiger partial charge in [-0.25, -0.2) is 0 Å². The van der Waals surface area contributed by atoms with Gasteiger partial charge in [0.1, 0.15) is 42.0 Å². The number of rotatable bonds is 23. The third-order valence-electron chi connectivity index (χ3n) is 11.2. The van der Waals surface area contributed by atoms with Gasteiger partial charge in [0.15, 0.2) is 11.8 Å². The SMILES string of the molecule is CCCCCC1(CCCCC)O[C@@H]2[C@H](O1)[C@H]1ON(Cc3ccc(C=COCCO)cc3)[C@@H]3C(=O)O[C@@H]2C[C@]13C(=O)NCCC(=O)N[C@H](CO)CCC(=O)OC(C)(C)C. The van der Waals surface area contributed by atoms with Gasteiger partial charge in [0, 0.05) is 38.6 Å². The van der Waals surface area contributed by atoms with Crippen LogP contribution in [0.15, 0.2) is 30.5 Å². The lowest BCUT2D eigenvalue weighted by atomic mass is 9.62. The first-order valence-corrected chi connectivity index (χ1v) is 21.2. The predicted molar refractivity (Wildman–Crippen MR) is 212 cm³/mol. The summed E-state index contributed by atoms with van der Waals surface area (Å²) in [4.78, 5) is 60.7. The monoisotopic (exact) mass is 815 g/mol. The summed E-state index contributed by atoms with van der Waals surface area (Å²) >= 11 is 0. The number of aliphatic hydroxyl groups is 2. The van der Waals surface area contributed by atoms with Crippen molar-refractivity contribution in [2.45, 2.75) is 166 Å². The van der Waals surface area contributed by atoms with Crippen molar-refractivity contribution in [1.82, 2.24) is 15.7 Å². The van der Waals surface area contributed by atoms with E-state index in [-0.39, 0.29) is 58.6 Å². The van der Waals surface area contributed by atoms with Crippen molar-refractivity contribution in [1.29, 1.82) is 0 Å². The Morgan fingerprint density at radius 2 is 1.69 bits per heavy atom. The van der Waals surface area contributed by atoms with Crippen LogP contribution in [-0.2, 0) is 54.2 Å². The van der Waals surface area contributed by atoms with E-state index < -0.39 is 77.1 Å². The van der Waals surface area contributed by atoms with Gasteiger partial charge < -0.3 is 44.5 Å². The molecule has 1 aromatic carbocycles. The topological polar surface area (TPSA) is 191 Å². The molecule has 1 aliphatic carbocycles. The molecule has 1 saturated carbocycles. The molecule has 0 spiro atoms. The van der Waals surface area contributed by atoms with Crippen LogP contribution < -0.4 is 10.6 Å². The highest BCUT2D eigenvalue weighted by molar-refractivity contribution is 5.94. The van der Waals surface area contributed by atoms with Crippen LogP contribution >= 0.6 is 0 Å². The molecular weight excluding hydrogens is 750 g/mol. The van der Waals surface area contributed by atoms with Crippen LogP contribution in [-0.4, -0.2) is 113 Å². The molecule has 0 unspecified atom stereocenters. The van der Waals surface area contributed by atoms with E-state index in [2.05, 4.69) is 24.5 Å². The number of carbonyl (C=O) groups is 4. The van der Waals surface area contributed by atoms with Gasteiger partial charge >= 0.3 is 11.9 Å². The number of unbranched alkanes of at least 4 members (excludes halogenated alkanes) is 4. The molecule has 0 aromatic heterocycles. The Kier molecular flexibility index (Phi) is 16.1. The normalized spacial score (nSPS) is 26.5. The second-order valence-corrected chi connectivity index (χ2v) is 16.9. The molecule has 4 aliphatic rings. The lowest BCUT2D eigenvalue weighted by molar-refractivity contribution is -0.224. The number of aliphatic hydroxyl groups excluding tert-OH is 2. The second-order valence-electron chi connectivity index (χ2n) is 16.9. The molecule has 324 valence electrons. The van der Waals surface area contributed by atoms with Gasteiger partial charge in [0.25, 0.3) is 0 Å². The number of nitrogens with one attached hydrogen (secondary N) is 2. The van der Waals surface area contributed by atoms with Crippen LogP contribution in [0.5, 0.6) is 0 Å². The summed E-state index contributed by atoms with van der Waals surface area (Å²) in [5, 5.41) is 26.1. The van der Waals surface area contributed by atoms with Crippen LogP contribution in [0, 0.1) is 5.41 Å². The molecule has 5 rings (SSSR count). The summed E-state index contributed by atoms with van der Waals surface area (Å²) in [5.74, 6) is -2.77. The van der Waals surface area contributed by atoms with Crippen molar-refractivity contribution in [3.63, 3.8) is 0 Å². The summed E-state index contributed by atoms with van der Waals surface area (Å²) < 4.78 is 30.5. The van der Waals surface area contributed by atoms with E-state index >= 15 is 0 Å². The number of nitrogens with zero attached hydrogens (tertiary/aromatic N) is 1. The number of amides is 2. The van der Waals surface area contributed by atoms with Crippen LogP contribution in [0.4, 0.5) is 0 Å². The molecule has 4 N–H and O–H groups in total. The second kappa shape index (κ2) is 20.6. The zero-order chi connectivity index (χ0) is 41.9. The number of carbonyl (C=O) groups excluding carboxylic acids is 4. The molecule has 3 aliphatic heterocycles. The number of hydrogen-bond donors (Lipinski definition) is 4. The molecule has 0 radical (unpaired) electrons. The zero-order valence-corrected chi connectivity index (χ0v) is 34.9. The van der Waals surface area contributed by atoms with E-state index in [1.165, 1.54) is 6.26 Å². The fourth-order valence-electron chi connectivity index (χ4n) is 8.51. The number of ether oxygens (including phenoxy) is 5. The summed E-state index contributed by atoms with van der Waals surface area (Å²) in [6.07, 6.45) is 7.84. The lowest BCUT2D eigenvalue weighted by Crippen LogP contribution is -2.69. The molecule has 15 nitrogen and oxygen atoms in total. The van der Waals surface area contributed by atoms with Crippen LogP contribution in [0.1, 0.15) is 123 Å². The van der Waals surface area contributed by atoms with E-state index in [1.54, 1.807) is 31.9 Å². The first-order chi connectivity index (χ1) is 27.8. The average Bonchev–Trinajstić information content (AvgIpc) is 3.73. The molecule has 2 amide bonds. The van der Waals surface area contributed by atoms with Gasteiger partial charge in [-0.1, -0.05) is 63.8 Å². The van der Waals surface area contributed by atoms with Crippen molar-refractivity contribution < 1.29 is 57.9 Å². The molecule has 1 aromatic rings. The molecule has 3 saturated heterocycles. The smallest absolute Gasteiger partial charge is 0.327 e. The third kappa shape index (κ3) is 11.2. The Bertz CT molecular complexity index is 1550. The van der Waals surface area contributed by atoms with Gasteiger partial charge in [-0.05, 0) is 57.2 Å². The number of esters is 2. The largest absolute Gasteiger partial charge is 0.499 e. The fraction of sp³-hybridized carbons (Fsp3) is 0.721. The highest BCUT2D eigenvalue weighted by Crippen LogP contribution is 2.58. The van der Waals surface area contributed by atoms with Crippen LogP contribution in [0.25, 0.3) is 6.08 Å². The van der Waals surface area contributed by atoms with E-state index in [1.807, 2.05) is 24.3 Å². The van der Waals surface area contributed by atoms with E-state index in [0.717, 1.165) is 49.7 Å². The summed E-state index contributed by atoms with van der Waals surface area (Å²) in [6, 6.07) is 5.82. The van der Waals surface area contributed by atoms with Crippen LogP contribution in [0.2, 0.25) is 0 Å². The Hall–Kier alpha value is -3.60. The molecular formula is C43H65N3O12. The number of benzene rings is 1. The average molecular weight is 816 g/mol. The molecule has 3 heterocycles. The van der Waals surface area contributed by atoms with E-state index in [0.29, 0.717) is 12.8 Å². The van der Waals surface area contributed by atoms with Gasteiger partial charge in [-0.15, -0.1) is 0 Å². The van der Waals surface area contributed by atoms with Gasteiger partial charge in [0.2, 0.25) is 11.8 Å². The number of hydroxylamine groups is 2.